The lowest BCUT2D eigenvalue weighted by molar-refractivity contribution is -0.120. The molecule has 0 saturated heterocycles. The van der Waals surface area contributed by atoms with Crippen LogP contribution in [0.1, 0.15) is 11.1 Å². The first-order valence-electron chi connectivity index (χ1n) is 6.52. The van der Waals surface area contributed by atoms with Gasteiger partial charge in [-0.25, -0.2) is 5.43 Å². The van der Waals surface area contributed by atoms with E-state index in [1.165, 1.54) is 6.21 Å². The van der Waals surface area contributed by atoms with Crippen molar-refractivity contribution in [2.24, 2.45) is 5.10 Å². The smallest absolute Gasteiger partial charge is 0.244 e. The SMILES string of the molecule is CSc1ccc(Cl)cc1CC(=O)N/N=C\c1ccccc1O. The van der Waals surface area contributed by atoms with Gasteiger partial charge in [-0.15, -0.1) is 11.8 Å². The molecule has 114 valence electrons. The maximum atomic E-state index is 11.9. The summed E-state index contributed by atoms with van der Waals surface area (Å²) in [5.41, 5.74) is 3.84. The molecule has 0 unspecified atom stereocenters. The molecule has 2 aromatic rings. The molecule has 2 N–H and O–H groups in total. The summed E-state index contributed by atoms with van der Waals surface area (Å²) >= 11 is 7.52. The van der Waals surface area contributed by atoms with Crippen molar-refractivity contribution >= 4 is 35.5 Å². The predicted molar refractivity (Wildman–Crippen MR) is 90.8 cm³/mol. The Hall–Kier alpha value is -1.98. The van der Waals surface area contributed by atoms with Crippen LogP contribution in [0.15, 0.2) is 52.5 Å². The third-order valence-electron chi connectivity index (χ3n) is 2.92. The second-order valence-electron chi connectivity index (χ2n) is 4.48. The fraction of sp³-hybridized carbons (Fsp3) is 0.125. The second kappa shape index (κ2) is 7.87. The van der Waals surface area contributed by atoms with Crippen LogP contribution in [0.25, 0.3) is 0 Å². The number of nitrogens with one attached hydrogen (secondary N) is 1. The highest BCUT2D eigenvalue weighted by atomic mass is 35.5. The Morgan fingerprint density at radius 2 is 2.14 bits per heavy atom. The highest BCUT2D eigenvalue weighted by molar-refractivity contribution is 7.98. The summed E-state index contributed by atoms with van der Waals surface area (Å²) in [6.07, 6.45) is 3.54. The second-order valence-corrected chi connectivity index (χ2v) is 5.77. The minimum absolute atomic E-state index is 0.111. The molecule has 0 radical (unpaired) electrons. The van der Waals surface area contributed by atoms with Crippen LogP contribution in [0.5, 0.6) is 5.75 Å². The number of carbonyl (C=O) groups is 1. The molecule has 0 aliphatic carbocycles. The zero-order valence-electron chi connectivity index (χ0n) is 11.9. The predicted octanol–water partition coefficient (Wildman–Crippen LogP) is 3.46. The van der Waals surface area contributed by atoms with E-state index < -0.39 is 0 Å². The molecule has 0 aliphatic heterocycles. The number of nitrogens with zero attached hydrogens (tertiary/aromatic N) is 1. The molecule has 6 heteroatoms. The molecule has 4 nitrogen and oxygen atoms in total. The topological polar surface area (TPSA) is 61.7 Å². The summed E-state index contributed by atoms with van der Waals surface area (Å²) in [5, 5.41) is 14.0. The summed E-state index contributed by atoms with van der Waals surface area (Å²) in [6, 6.07) is 12.2. The number of aromatic hydroxyl groups is 1. The number of hydrogen-bond acceptors (Lipinski definition) is 4. The van der Waals surface area contributed by atoms with Crippen LogP contribution in [-0.2, 0) is 11.2 Å². The van der Waals surface area contributed by atoms with Crippen LogP contribution in [-0.4, -0.2) is 23.5 Å². The molecule has 22 heavy (non-hydrogen) atoms. The molecule has 0 bridgehead atoms. The van der Waals surface area contributed by atoms with Gasteiger partial charge in [0.25, 0.3) is 0 Å². The molecule has 0 spiro atoms. The molecule has 2 rings (SSSR count). The average molecular weight is 335 g/mol. The van der Waals surface area contributed by atoms with Gasteiger partial charge in [0, 0.05) is 15.5 Å². The minimum Gasteiger partial charge on any atom is -0.507 e. The number of rotatable bonds is 5. The molecule has 0 saturated carbocycles. The first-order chi connectivity index (χ1) is 10.6. The molecule has 0 aromatic heterocycles. The number of carbonyl (C=O) groups excluding carboxylic acids is 1. The van der Waals surface area contributed by atoms with Crippen LogP contribution in [0.3, 0.4) is 0 Å². The largest absolute Gasteiger partial charge is 0.507 e. The first-order valence-corrected chi connectivity index (χ1v) is 8.12. The van der Waals surface area contributed by atoms with E-state index in [0.29, 0.717) is 10.6 Å². The summed E-state index contributed by atoms with van der Waals surface area (Å²) in [6.45, 7) is 0. The van der Waals surface area contributed by atoms with Crippen molar-refractivity contribution in [3.05, 3.63) is 58.6 Å². The van der Waals surface area contributed by atoms with Crippen LogP contribution in [0, 0.1) is 0 Å². The van der Waals surface area contributed by atoms with Crippen molar-refractivity contribution in [1.29, 1.82) is 0 Å². The number of phenolic OH excluding ortho intramolecular Hbond substituents is 1. The highest BCUT2D eigenvalue weighted by Gasteiger charge is 2.08. The minimum atomic E-state index is -0.246. The van der Waals surface area contributed by atoms with Crippen molar-refractivity contribution in [3.63, 3.8) is 0 Å². The van der Waals surface area contributed by atoms with E-state index in [1.807, 2.05) is 12.3 Å². The maximum Gasteiger partial charge on any atom is 0.244 e. The Kier molecular flexibility index (Phi) is 5.86. The molecular formula is C16H15ClN2O2S. The van der Waals surface area contributed by atoms with E-state index in [4.69, 9.17) is 11.6 Å². The Morgan fingerprint density at radius 1 is 1.36 bits per heavy atom. The van der Waals surface area contributed by atoms with Crippen molar-refractivity contribution < 1.29 is 9.90 Å². The molecule has 0 fully saturated rings. The standard InChI is InChI=1S/C16H15ClN2O2S/c1-22-15-7-6-13(17)8-12(15)9-16(21)19-18-10-11-4-2-3-5-14(11)20/h2-8,10,20H,9H2,1H3,(H,19,21)/b18-10-. The van der Waals surface area contributed by atoms with Gasteiger partial charge in [0.2, 0.25) is 5.91 Å². The fourth-order valence-corrected chi connectivity index (χ4v) is 2.66. The molecule has 0 heterocycles. The molecule has 0 aliphatic rings. The number of para-hydroxylation sites is 1. The van der Waals surface area contributed by atoms with Crippen molar-refractivity contribution in [3.8, 4) is 5.75 Å². The number of thioether (sulfide) groups is 1. The van der Waals surface area contributed by atoms with Gasteiger partial charge >= 0.3 is 0 Å². The lowest BCUT2D eigenvalue weighted by atomic mass is 10.1. The van der Waals surface area contributed by atoms with Gasteiger partial charge in [0.05, 0.1) is 12.6 Å². The van der Waals surface area contributed by atoms with Gasteiger partial charge in [-0.3, -0.25) is 4.79 Å². The Balaban J connectivity index is 1.99. The summed E-state index contributed by atoms with van der Waals surface area (Å²) < 4.78 is 0. The summed E-state index contributed by atoms with van der Waals surface area (Å²) in [4.78, 5) is 12.9. The highest BCUT2D eigenvalue weighted by Crippen LogP contribution is 2.24. The van der Waals surface area contributed by atoms with Crippen LogP contribution in [0.4, 0.5) is 0 Å². The summed E-state index contributed by atoms with van der Waals surface area (Å²) in [7, 11) is 0. The number of hydrogen-bond donors (Lipinski definition) is 2. The summed E-state index contributed by atoms with van der Waals surface area (Å²) in [5.74, 6) is -0.135. The fourth-order valence-electron chi connectivity index (χ4n) is 1.87. The molecule has 0 atom stereocenters. The van der Waals surface area contributed by atoms with E-state index in [0.717, 1.165) is 10.5 Å². The Morgan fingerprint density at radius 3 is 2.86 bits per heavy atom. The van der Waals surface area contributed by atoms with E-state index in [-0.39, 0.29) is 18.1 Å². The number of hydrazone groups is 1. The van der Waals surface area contributed by atoms with Crippen molar-refractivity contribution in [1.82, 2.24) is 5.43 Å². The monoisotopic (exact) mass is 334 g/mol. The van der Waals surface area contributed by atoms with Gasteiger partial charge in [-0.05, 0) is 42.2 Å². The number of benzene rings is 2. The number of halogens is 1. The van der Waals surface area contributed by atoms with Crippen molar-refractivity contribution in [2.75, 3.05) is 6.26 Å². The molecule has 1 amide bonds. The van der Waals surface area contributed by atoms with Crippen LogP contribution >= 0.6 is 23.4 Å². The van der Waals surface area contributed by atoms with Gasteiger partial charge in [-0.1, -0.05) is 23.7 Å². The number of amides is 1. The van der Waals surface area contributed by atoms with E-state index >= 15 is 0 Å². The van der Waals surface area contributed by atoms with Crippen molar-refractivity contribution in [2.45, 2.75) is 11.3 Å². The van der Waals surface area contributed by atoms with Gasteiger partial charge < -0.3 is 5.11 Å². The Bertz CT molecular complexity index is 704. The van der Waals surface area contributed by atoms with Crippen LogP contribution in [0.2, 0.25) is 5.02 Å². The molecular weight excluding hydrogens is 320 g/mol. The zero-order valence-corrected chi connectivity index (χ0v) is 13.5. The third kappa shape index (κ3) is 4.51. The number of phenols is 1. The van der Waals surface area contributed by atoms with E-state index in [9.17, 15) is 9.90 Å². The third-order valence-corrected chi connectivity index (χ3v) is 4.00. The van der Waals surface area contributed by atoms with E-state index in [2.05, 4.69) is 10.5 Å². The quantitative estimate of drug-likeness (QED) is 0.500. The lowest BCUT2D eigenvalue weighted by Crippen LogP contribution is -2.20. The first kappa shape index (κ1) is 16.4. The Labute approximate surface area is 138 Å². The normalized spacial score (nSPS) is 10.8. The maximum absolute atomic E-state index is 11.9. The lowest BCUT2D eigenvalue weighted by Gasteiger charge is -2.07. The van der Waals surface area contributed by atoms with Gasteiger partial charge in [-0.2, -0.15) is 5.10 Å². The average Bonchev–Trinajstić information content (AvgIpc) is 2.49. The zero-order chi connectivity index (χ0) is 15.9. The van der Waals surface area contributed by atoms with Gasteiger partial charge in [0.1, 0.15) is 5.75 Å². The molecule has 2 aromatic carbocycles. The van der Waals surface area contributed by atoms with Crippen LogP contribution < -0.4 is 5.43 Å². The van der Waals surface area contributed by atoms with E-state index in [1.54, 1.807) is 48.2 Å². The van der Waals surface area contributed by atoms with Gasteiger partial charge in [0.15, 0.2) is 0 Å².